The number of nitrogens with zero attached hydrogens (tertiary/aromatic N) is 1. The van der Waals surface area contributed by atoms with Crippen molar-refractivity contribution in [2.75, 3.05) is 39.3 Å². The van der Waals surface area contributed by atoms with Crippen molar-refractivity contribution in [3.63, 3.8) is 0 Å². The van der Waals surface area contributed by atoms with E-state index in [0.29, 0.717) is 5.41 Å². The van der Waals surface area contributed by atoms with Gasteiger partial charge in [0.05, 0.1) is 0 Å². The average molecular weight is 378 g/mol. The fourth-order valence-electron chi connectivity index (χ4n) is 2.72. The molecule has 0 aliphatic carbocycles. The molecule has 1 fully saturated rings. The molecule has 5 heteroatoms. The van der Waals surface area contributed by atoms with Gasteiger partial charge in [0.15, 0.2) is 0 Å². The monoisotopic (exact) mass is 376 g/mol. The maximum absolute atomic E-state index is 5.81. The molecular formula is C16H26BrClN2O. The second-order valence-corrected chi connectivity index (χ2v) is 6.82. The molecule has 1 aliphatic rings. The minimum atomic E-state index is 0. The van der Waals surface area contributed by atoms with E-state index in [1.165, 1.54) is 6.42 Å². The third-order valence-electron chi connectivity index (χ3n) is 4.00. The van der Waals surface area contributed by atoms with E-state index in [1.54, 1.807) is 0 Å². The average Bonchev–Trinajstić information content (AvgIpc) is 2.86. The molecule has 1 heterocycles. The van der Waals surface area contributed by atoms with Gasteiger partial charge in [0.1, 0.15) is 12.4 Å². The molecule has 120 valence electrons. The van der Waals surface area contributed by atoms with Gasteiger partial charge < -0.3 is 10.1 Å². The van der Waals surface area contributed by atoms with Gasteiger partial charge in [-0.2, -0.15) is 0 Å². The summed E-state index contributed by atoms with van der Waals surface area (Å²) in [5, 5.41) is 3.47. The minimum Gasteiger partial charge on any atom is -0.492 e. The van der Waals surface area contributed by atoms with Crippen molar-refractivity contribution >= 4 is 28.3 Å². The van der Waals surface area contributed by atoms with Crippen molar-refractivity contribution < 1.29 is 4.74 Å². The maximum atomic E-state index is 5.81. The molecule has 3 nitrogen and oxygen atoms in total. The van der Waals surface area contributed by atoms with Crippen molar-refractivity contribution in [3.8, 4) is 5.75 Å². The van der Waals surface area contributed by atoms with Gasteiger partial charge >= 0.3 is 0 Å². The molecule has 21 heavy (non-hydrogen) atoms. The standard InChI is InChI=1S/C16H25BrN2O.ClH/c1-3-19(13-16(2)8-9-18-12-16)10-11-20-15-6-4-14(17)5-7-15;/h4-7,18H,3,8-13H2,1-2H3;1H. The Morgan fingerprint density at radius 3 is 2.62 bits per heavy atom. The molecule has 0 spiro atoms. The van der Waals surface area contributed by atoms with Gasteiger partial charge in [-0.25, -0.2) is 0 Å². The van der Waals surface area contributed by atoms with Crippen LogP contribution in [0.1, 0.15) is 20.3 Å². The van der Waals surface area contributed by atoms with Gasteiger partial charge in [0.25, 0.3) is 0 Å². The van der Waals surface area contributed by atoms with Gasteiger partial charge in [-0.3, -0.25) is 4.90 Å². The minimum absolute atomic E-state index is 0. The van der Waals surface area contributed by atoms with Crippen molar-refractivity contribution in [3.05, 3.63) is 28.7 Å². The van der Waals surface area contributed by atoms with Crippen LogP contribution in [0.15, 0.2) is 28.7 Å². The largest absolute Gasteiger partial charge is 0.492 e. The summed E-state index contributed by atoms with van der Waals surface area (Å²) < 4.78 is 6.90. The first-order chi connectivity index (χ1) is 9.61. The Bertz CT molecular complexity index is 407. The van der Waals surface area contributed by atoms with Gasteiger partial charge in [0, 0.05) is 24.1 Å². The predicted octanol–water partition coefficient (Wildman–Crippen LogP) is 3.57. The highest BCUT2D eigenvalue weighted by Gasteiger charge is 2.30. The lowest BCUT2D eigenvalue weighted by atomic mass is 9.89. The van der Waals surface area contributed by atoms with Gasteiger partial charge in [-0.15, -0.1) is 12.4 Å². The van der Waals surface area contributed by atoms with Crippen LogP contribution in [0.3, 0.4) is 0 Å². The smallest absolute Gasteiger partial charge is 0.119 e. The number of nitrogens with one attached hydrogen (secondary N) is 1. The summed E-state index contributed by atoms with van der Waals surface area (Å²) in [5.41, 5.74) is 0.424. The van der Waals surface area contributed by atoms with Gasteiger partial charge in [0.2, 0.25) is 0 Å². The zero-order valence-electron chi connectivity index (χ0n) is 12.9. The molecule has 1 unspecified atom stereocenters. The van der Waals surface area contributed by atoms with Gasteiger partial charge in [-0.05, 0) is 49.2 Å². The number of likely N-dealkylation sites (N-methyl/N-ethyl adjacent to an activating group) is 1. The zero-order chi connectivity index (χ0) is 14.4. The van der Waals surface area contributed by atoms with E-state index in [2.05, 4.69) is 40.0 Å². The summed E-state index contributed by atoms with van der Waals surface area (Å²) in [6.45, 7) is 10.9. The summed E-state index contributed by atoms with van der Waals surface area (Å²) in [5.74, 6) is 0.943. The normalized spacial score (nSPS) is 21.3. The Morgan fingerprint density at radius 2 is 2.05 bits per heavy atom. The molecular weight excluding hydrogens is 352 g/mol. The molecule has 1 aromatic carbocycles. The molecule has 1 N–H and O–H groups in total. The van der Waals surface area contributed by atoms with Crippen LogP contribution in [0, 0.1) is 5.41 Å². The number of halogens is 2. The second kappa shape index (κ2) is 8.99. The van der Waals surface area contributed by atoms with Crippen molar-refractivity contribution in [1.82, 2.24) is 10.2 Å². The number of benzene rings is 1. The molecule has 1 aromatic rings. The quantitative estimate of drug-likeness (QED) is 0.786. The first kappa shape index (κ1) is 18.8. The summed E-state index contributed by atoms with van der Waals surface area (Å²) >= 11 is 3.43. The topological polar surface area (TPSA) is 24.5 Å². The molecule has 0 bridgehead atoms. The van der Waals surface area contributed by atoms with E-state index >= 15 is 0 Å². The first-order valence-corrected chi connectivity index (χ1v) is 8.22. The van der Waals surface area contributed by atoms with Crippen LogP contribution in [-0.4, -0.2) is 44.2 Å². The SMILES string of the molecule is CCN(CCOc1ccc(Br)cc1)CC1(C)CCNC1.Cl. The van der Waals surface area contributed by atoms with E-state index in [4.69, 9.17) is 4.74 Å². The molecule has 0 amide bonds. The highest BCUT2D eigenvalue weighted by atomic mass is 79.9. The van der Waals surface area contributed by atoms with Crippen LogP contribution >= 0.6 is 28.3 Å². The van der Waals surface area contributed by atoms with Crippen LogP contribution in [0.2, 0.25) is 0 Å². The molecule has 0 saturated carbocycles. The van der Waals surface area contributed by atoms with Gasteiger partial charge in [-0.1, -0.05) is 29.8 Å². The Hall–Kier alpha value is -0.290. The number of rotatable bonds is 7. The lowest BCUT2D eigenvalue weighted by molar-refractivity contribution is 0.156. The molecule has 0 radical (unpaired) electrons. The van der Waals surface area contributed by atoms with Crippen LogP contribution < -0.4 is 10.1 Å². The van der Waals surface area contributed by atoms with E-state index in [-0.39, 0.29) is 12.4 Å². The highest BCUT2D eigenvalue weighted by Crippen LogP contribution is 2.25. The number of ether oxygens (including phenoxy) is 1. The van der Waals surface area contributed by atoms with Crippen LogP contribution in [0.4, 0.5) is 0 Å². The Labute approximate surface area is 143 Å². The molecule has 0 aromatic heterocycles. The Morgan fingerprint density at radius 1 is 1.33 bits per heavy atom. The predicted molar refractivity (Wildman–Crippen MR) is 94.6 cm³/mol. The van der Waals surface area contributed by atoms with Crippen molar-refractivity contribution in [1.29, 1.82) is 0 Å². The lowest BCUT2D eigenvalue weighted by Gasteiger charge is -2.31. The maximum Gasteiger partial charge on any atom is 0.119 e. The lowest BCUT2D eigenvalue weighted by Crippen LogP contribution is -2.39. The summed E-state index contributed by atoms with van der Waals surface area (Å²) in [7, 11) is 0. The number of hydrogen-bond donors (Lipinski definition) is 1. The molecule has 1 aliphatic heterocycles. The number of hydrogen-bond acceptors (Lipinski definition) is 3. The first-order valence-electron chi connectivity index (χ1n) is 7.43. The van der Waals surface area contributed by atoms with Crippen LogP contribution in [0.25, 0.3) is 0 Å². The van der Waals surface area contributed by atoms with E-state index < -0.39 is 0 Å². The molecule has 2 rings (SSSR count). The molecule has 1 atom stereocenters. The van der Waals surface area contributed by atoms with Crippen molar-refractivity contribution in [2.45, 2.75) is 20.3 Å². The van der Waals surface area contributed by atoms with E-state index in [1.807, 2.05) is 24.3 Å². The third kappa shape index (κ3) is 6.15. The fraction of sp³-hybridized carbons (Fsp3) is 0.625. The van der Waals surface area contributed by atoms with Crippen molar-refractivity contribution in [2.24, 2.45) is 5.41 Å². The Balaban J connectivity index is 0.00000220. The van der Waals surface area contributed by atoms with E-state index in [0.717, 1.165) is 49.6 Å². The highest BCUT2D eigenvalue weighted by molar-refractivity contribution is 9.10. The van der Waals surface area contributed by atoms with E-state index in [9.17, 15) is 0 Å². The second-order valence-electron chi connectivity index (χ2n) is 5.91. The third-order valence-corrected chi connectivity index (χ3v) is 4.53. The van der Waals surface area contributed by atoms with Crippen LogP contribution in [0.5, 0.6) is 5.75 Å². The fourth-order valence-corrected chi connectivity index (χ4v) is 2.98. The summed E-state index contributed by atoms with van der Waals surface area (Å²) in [6, 6.07) is 8.03. The summed E-state index contributed by atoms with van der Waals surface area (Å²) in [4.78, 5) is 2.49. The summed E-state index contributed by atoms with van der Waals surface area (Å²) in [6.07, 6.45) is 1.27. The van der Waals surface area contributed by atoms with Crippen LogP contribution in [-0.2, 0) is 0 Å². The Kier molecular flexibility index (Phi) is 8.03. The molecule has 1 saturated heterocycles. The zero-order valence-corrected chi connectivity index (χ0v) is 15.3.